The van der Waals surface area contributed by atoms with Crippen molar-refractivity contribution in [2.45, 2.75) is 26.4 Å². The number of rotatable bonds is 2. The maximum Gasteiger partial charge on any atom is 0.121 e. The van der Waals surface area contributed by atoms with Crippen molar-refractivity contribution < 1.29 is 5.11 Å². The summed E-state index contributed by atoms with van der Waals surface area (Å²) in [5, 5.41) is 12.2. The summed E-state index contributed by atoms with van der Waals surface area (Å²) in [5.41, 5.74) is 2.38. The van der Waals surface area contributed by atoms with Crippen molar-refractivity contribution in [2.75, 3.05) is 0 Å². The molecular formula is C18H18OS. The number of aryl methyl sites for hydroxylation is 2. The van der Waals surface area contributed by atoms with Crippen molar-refractivity contribution >= 4 is 21.4 Å². The Kier molecular flexibility index (Phi) is 3.15. The molecule has 0 saturated carbocycles. The highest BCUT2D eigenvalue weighted by Crippen LogP contribution is 2.37. The zero-order chi connectivity index (χ0) is 14.3. The molecule has 20 heavy (non-hydrogen) atoms. The molecule has 0 aliphatic heterocycles. The molecule has 102 valence electrons. The summed E-state index contributed by atoms with van der Waals surface area (Å²) in [4.78, 5) is 0.990. The van der Waals surface area contributed by atoms with Crippen molar-refractivity contribution in [3.05, 3.63) is 70.1 Å². The molecule has 1 aromatic heterocycles. The smallest absolute Gasteiger partial charge is 0.121 e. The fraction of sp³-hybridized carbons (Fsp3) is 0.222. The molecule has 0 radical (unpaired) electrons. The van der Waals surface area contributed by atoms with Crippen molar-refractivity contribution in [3.63, 3.8) is 0 Å². The summed E-state index contributed by atoms with van der Waals surface area (Å²) >= 11 is 1.66. The van der Waals surface area contributed by atoms with Gasteiger partial charge in [0.2, 0.25) is 0 Å². The molecule has 1 atom stereocenters. The molecule has 3 rings (SSSR count). The largest absolute Gasteiger partial charge is 0.380 e. The first-order valence-corrected chi connectivity index (χ1v) is 7.59. The van der Waals surface area contributed by atoms with E-state index in [4.69, 9.17) is 0 Å². The van der Waals surface area contributed by atoms with Crippen LogP contribution in [-0.4, -0.2) is 5.11 Å². The van der Waals surface area contributed by atoms with Crippen molar-refractivity contribution in [2.24, 2.45) is 0 Å². The first-order chi connectivity index (χ1) is 9.46. The molecule has 0 aliphatic rings. The highest BCUT2D eigenvalue weighted by Gasteiger charge is 2.28. The minimum Gasteiger partial charge on any atom is -0.380 e. The van der Waals surface area contributed by atoms with Gasteiger partial charge in [-0.3, -0.25) is 0 Å². The van der Waals surface area contributed by atoms with Gasteiger partial charge in [0.05, 0.1) is 0 Å². The third-order valence-electron chi connectivity index (χ3n) is 3.69. The molecule has 0 bridgehead atoms. The van der Waals surface area contributed by atoms with Crippen LogP contribution in [0, 0.1) is 13.8 Å². The lowest BCUT2D eigenvalue weighted by molar-refractivity contribution is 0.106. The molecule has 1 unspecified atom stereocenters. The normalized spacial score (nSPS) is 14.4. The standard InChI is InChI=1S/C18H18OS/c1-12-8-13(2)10-15(9-12)18(3,19)17-11-14-6-4-5-7-16(14)20-17/h4-11,19H,1-3H3. The minimum absolute atomic E-state index is 0.944. The molecule has 0 fully saturated rings. The molecule has 1 N–H and O–H groups in total. The Balaban J connectivity index is 2.14. The molecule has 2 aromatic carbocycles. The lowest BCUT2D eigenvalue weighted by Crippen LogP contribution is -2.21. The lowest BCUT2D eigenvalue weighted by atomic mass is 9.91. The SMILES string of the molecule is Cc1cc(C)cc(C(C)(O)c2cc3ccccc3s2)c1. The Hall–Kier alpha value is -1.64. The van der Waals surface area contributed by atoms with Crippen LogP contribution in [0.3, 0.4) is 0 Å². The molecule has 1 nitrogen and oxygen atoms in total. The van der Waals surface area contributed by atoms with Crippen LogP contribution < -0.4 is 0 Å². The van der Waals surface area contributed by atoms with Crippen LogP contribution in [0.2, 0.25) is 0 Å². The first-order valence-electron chi connectivity index (χ1n) is 6.77. The van der Waals surface area contributed by atoms with Gasteiger partial charge in [-0.05, 0) is 43.9 Å². The predicted molar refractivity (Wildman–Crippen MR) is 86.4 cm³/mol. The Bertz CT molecular complexity index is 715. The number of benzene rings is 2. The summed E-state index contributed by atoms with van der Waals surface area (Å²) in [6.45, 7) is 6.01. The fourth-order valence-corrected chi connectivity index (χ4v) is 3.75. The van der Waals surface area contributed by atoms with E-state index in [0.29, 0.717) is 0 Å². The second kappa shape index (κ2) is 4.72. The van der Waals surface area contributed by atoms with E-state index in [1.54, 1.807) is 11.3 Å². The quantitative estimate of drug-likeness (QED) is 0.717. The predicted octanol–water partition coefficient (Wildman–Crippen LogP) is 4.77. The molecule has 0 spiro atoms. The summed E-state index contributed by atoms with van der Waals surface area (Å²) in [6.07, 6.45) is 0. The number of hydrogen-bond acceptors (Lipinski definition) is 2. The maximum atomic E-state index is 11.0. The third-order valence-corrected chi connectivity index (χ3v) is 5.02. The summed E-state index contributed by atoms with van der Waals surface area (Å²) in [5.74, 6) is 0. The number of fused-ring (bicyclic) bond motifs is 1. The number of hydrogen-bond donors (Lipinski definition) is 1. The van der Waals surface area contributed by atoms with E-state index < -0.39 is 5.60 Å². The van der Waals surface area contributed by atoms with Gasteiger partial charge < -0.3 is 5.11 Å². The van der Waals surface area contributed by atoms with E-state index in [0.717, 1.165) is 10.4 Å². The van der Waals surface area contributed by atoms with E-state index in [1.165, 1.54) is 21.2 Å². The fourth-order valence-electron chi connectivity index (χ4n) is 2.62. The zero-order valence-electron chi connectivity index (χ0n) is 12.0. The van der Waals surface area contributed by atoms with Gasteiger partial charge in [-0.2, -0.15) is 0 Å². The van der Waals surface area contributed by atoms with Crippen LogP contribution in [0.4, 0.5) is 0 Å². The summed E-state index contributed by atoms with van der Waals surface area (Å²) < 4.78 is 1.21. The maximum absolute atomic E-state index is 11.0. The second-order valence-corrected chi connectivity index (χ2v) is 6.68. The highest BCUT2D eigenvalue weighted by atomic mass is 32.1. The van der Waals surface area contributed by atoms with Gasteiger partial charge >= 0.3 is 0 Å². The van der Waals surface area contributed by atoms with Gasteiger partial charge in [0.25, 0.3) is 0 Å². The third kappa shape index (κ3) is 2.26. The van der Waals surface area contributed by atoms with E-state index in [2.05, 4.69) is 50.2 Å². The summed E-state index contributed by atoms with van der Waals surface area (Å²) in [6, 6.07) is 16.6. The van der Waals surface area contributed by atoms with Crippen LogP contribution in [-0.2, 0) is 5.60 Å². The van der Waals surface area contributed by atoms with Crippen LogP contribution in [0.15, 0.2) is 48.5 Å². The Labute approximate surface area is 123 Å². The lowest BCUT2D eigenvalue weighted by Gasteiger charge is -2.23. The highest BCUT2D eigenvalue weighted by molar-refractivity contribution is 7.19. The van der Waals surface area contributed by atoms with Crippen molar-refractivity contribution in [1.82, 2.24) is 0 Å². The van der Waals surface area contributed by atoms with Crippen LogP contribution in [0.25, 0.3) is 10.1 Å². The van der Waals surface area contributed by atoms with E-state index in [-0.39, 0.29) is 0 Å². The van der Waals surface area contributed by atoms with Crippen molar-refractivity contribution in [1.29, 1.82) is 0 Å². The van der Waals surface area contributed by atoms with Gasteiger partial charge in [-0.25, -0.2) is 0 Å². The topological polar surface area (TPSA) is 20.2 Å². The summed E-state index contributed by atoms with van der Waals surface area (Å²) in [7, 11) is 0. The van der Waals surface area contributed by atoms with E-state index in [9.17, 15) is 5.11 Å². The molecule has 0 aliphatic carbocycles. The van der Waals surface area contributed by atoms with E-state index >= 15 is 0 Å². The van der Waals surface area contributed by atoms with Gasteiger partial charge in [-0.15, -0.1) is 11.3 Å². The average Bonchev–Trinajstić information content (AvgIpc) is 2.82. The molecule has 1 heterocycles. The van der Waals surface area contributed by atoms with Crippen LogP contribution >= 0.6 is 11.3 Å². The van der Waals surface area contributed by atoms with Gasteiger partial charge in [0.15, 0.2) is 0 Å². The number of thiophene rings is 1. The van der Waals surface area contributed by atoms with Gasteiger partial charge in [-0.1, -0.05) is 47.5 Å². The monoisotopic (exact) mass is 282 g/mol. The van der Waals surface area contributed by atoms with Crippen molar-refractivity contribution in [3.8, 4) is 0 Å². The number of aliphatic hydroxyl groups is 1. The minimum atomic E-state index is -0.944. The zero-order valence-corrected chi connectivity index (χ0v) is 12.8. The molecule has 0 saturated heterocycles. The average molecular weight is 282 g/mol. The first kappa shape index (κ1) is 13.3. The van der Waals surface area contributed by atoms with Gasteiger partial charge in [0, 0.05) is 9.58 Å². The van der Waals surface area contributed by atoms with Crippen LogP contribution in [0.5, 0.6) is 0 Å². The second-order valence-electron chi connectivity index (χ2n) is 5.60. The Morgan fingerprint density at radius 1 is 0.950 bits per heavy atom. The van der Waals surface area contributed by atoms with Crippen LogP contribution in [0.1, 0.15) is 28.5 Å². The van der Waals surface area contributed by atoms with Gasteiger partial charge in [0.1, 0.15) is 5.60 Å². The van der Waals surface area contributed by atoms with E-state index in [1.807, 2.05) is 19.1 Å². The molecule has 3 aromatic rings. The molecular weight excluding hydrogens is 264 g/mol. The molecule has 2 heteroatoms. The molecule has 0 amide bonds. The Morgan fingerprint density at radius 3 is 2.25 bits per heavy atom. The Morgan fingerprint density at radius 2 is 1.60 bits per heavy atom.